The third-order valence-corrected chi connectivity index (χ3v) is 2.54. The van der Waals surface area contributed by atoms with Crippen molar-refractivity contribution in [1.82, 2.24) is 0 Å². The van der Waals surface area contributed by atoms with E-state index >= 15 is 0 Å². The Kier molecular flexibility index (Phi) is 5.10. The Labute approximate surface area is 108 Å². The van der Waals surface area contributed by atoms with E-state index in [9.17, 15) is 14.7 Å². The van der Waals surface area contributed by atoms with Gasteiger partial charge in [0.05, 0.1) is 6.61 Å². The number of hydrogen-bond donors (Lipinski definition) is 5. The van der Waals surface area contributed by atoms with Crippen molar-refractivity contribution < 1.29 is 34.4 Å². The first-order chi connectivity index (χ1) is 8.85. The predicted octanol–water partition coefficient (Wildman–Crippen LogP) is -2.11. The van der Waals surface area contributed by atoms with Crippen LogP contribution in [0, 0.1) is 0 Å². The molecule has 19 heavy (non-hydrogen) atoms. The van der Waals surface area contributed by atoms with Crippen molar-refractivity contribution in [3.8, 4) is 0 Å². The Morgan fingerprint density at radius 2 is 2.21 bits per heavy atom. The van der Waals surface area contributed by atoms with E-state index in [2.05, 4.69) is 4.74 Å². The standard InChI is InChI=1S/C10H16N2O7/c11-4-1-6(18-7(2-4)9(15)16)8(5(14)3-13)19-10(12)17/h2,4-6,8,13-14H,1,3,11H2,(H2,12,17)(H,15,16)/t4-,5-,6-,8-/m1/s1. The first-order valence-electron chi connectivity index (χ1n) is 5.47. The van der Waals surface area contributed by atoms with Gasteiger partial charge < -0.3 is 36.3 Å². The molecule has 4 atom stereocenters. The summed E-state index contributed by atoms with van der Waals surface area (Å²) in [5, 5.41) is 27.3. The van der Waals surface area contributed by atoms with Gasteiger partial charge in [0.1, 0.15) is 12.2 Å². The summed E-state index contributed by atoms with van der Waals surface area (Å²) in [5.41, 5.74) is 10.5. The summed E-state index contributed by atoms with van der Waals surface area (Å²) in [7, 11) is 0. The quantitative estimate of drug-likeness (QED) is 0.380. The number of carboxylic acids is 1. The zero-order chi connectivity index (χ0) is 14.6. The molecular formula is C10H16N2O7. The lowest BCUT2D eigenvalue weighted by molar-refractivity contribution is -0.143. The number of rotatable bonds is 5. The van der Waals surface area contributed by atoms with E-state index in [0.29, 0.717) is 0 Å². The van der Waals surface area contributed by atoms with E-state index < -0.39 is 48.8 Å². The molecule has 108 valence electrons. The molecule has 0 aromatic heterocycles. The minimum absolute atomic E-state index is 0.103. The summed E-state index contributed by atoms with van der Waals surface area (Å²) >= 11 is 0. The largest absolute Gasteiger partial charge is 0.479 e. The van der Waals surface area contributed by atoms with Crippen LogP contribution in [0.1, 0.15) is 6.42 Å². The highest BCUT2D eigenvalue weighted by Crippen LogP contribution is 2.22. The zero-order valence-electron chi connectivity index (χ0n) is 9.93. The Bertz CT molecular complexity index is 384. The van der Waals surface area contributed by atoms with Crippen molar-refractivity contribution in [2.45, 2.75) is 30.8 Å². The lowest BCUT2D eigenvalue weighted by Gasteiger charge is -2.33. The second-order valence-electron chi connectivity index (χ2n) is 4.04. The van der Waals surface area contributed by atoms with E-state index in [1.54, 1.807) is 0 Å². The molecule has 0 aromatic carbocycles. The predicted molar refractivity (Wildman–Crippen MR) is 60.7 cm³/mol. The number of carbonyl (C=O) groups is 2. The normalized spacial score (nSPS) is 25.7. The fraction of sp³-hybridized carbons (Fsp3) is 0.600. The summed E-state index contributed by atoms with van der Waals surface area (Å²) in [5.74, 6) is -1.75. The van der Waals surface area contributed by atoms with Crippen LogP contribution in [0.25, 0.3) is 0 Å². The molecule has 0 saturated carbocycles. The third kappa shape index (κ3) is 4.09. The molecule has 0 unspecified atom stereocenters. The van der Waals surface area contributed by atoms with Crippen molar-refractivity contribution >= 4 is 12.1 Å². The molecule has 9 heteroatoms. The second-order valence-corrected chi connectivity index (χ2v) is 4.04. The highest BCUT2D eigenvalue weighted by molar-refractivity contribution is 5.84. The Balaban J connectivity index is 2.88. The summed E-state index contributed by atoms with van der Waals surface area (Å²) in [4.78, 5) is 21.6. The van der Waals surface area contributed by atoms with Crippen LogP contribution in [0.15, 0.2) is 11.8 Å². The summed E-state index contributed by atoms with van der Waals surface area (Å²) in [6.45, 7) is -0.709. The molecule has 9 nitrogen and oxygen atoms in total. The molecule has 1 amide bonds. The lowest BCUT2D eigenvalue weighted by Crippen LogP contribution is -2.49. The topological polar surface area (TPSA) is 165 Å². The molecule has 1 rings (SSSR count). The lowest BCUT2D eigenvalue weighted by atomic mass is 9.98. The molecule has 1 heterocycles. The van der Waals surface area contributed by atoms with Crippen molar-refractivity contribution in [2.24, 2.45) is 11.5 Å². The molecule has 0 aliphatic carbocycles. The number of aliphatic hydroxyl groups excluding tert-OH is 2. The van der Waals surface area contributed by atoms with Gasteiger partial charge in [-0.15, -0.1) is 0 Å². The number of aliphatic carboxylic acids is 1. The van der Waals surface area contributed by atoms with Crippen LogP contribution in [0.3, 0.4) is 0 Å². The maximum atomic E-state index is 10.8. The number of carbonyl (C=O) groups excluding carboxylic acids is 1. The van der Waals surface area contributed by atoms with Crippen LogP contribution in [0.2, 0.25) is 0 Å². The summed E-state index contributed by atoms with van der Waals surface area (Å²) in [6, 6.07) is -0.644. The third-order valence-electron chi connectivity index (χ3n) is 2.54. The van der Waals surface area contributed by atoms with E-state index in [1.807, 2.05) is 0 Å². The number of aliphatic hydroxyl groups is 2. The van der Waals surface area contributed by atoms with Crippen molar-refractivity contribution in [2.75, 3.05) is 6.61 Å². The minimum Gasteiger partial charge on any atom is -0.479 e. The van der Waals surface area contributed by atoms with E-state index in [0.717, 1.165) is 0 Å². The van der Waals surface area contributed by atoms with Gasteiger partial charge in [-0.05, 0) is 6.08 Å². The molecule has 0 fully saturated rings. The van der Waals surface area contributed by atoms with E-state index in [1.165, 1.54) is 6.08 Å². The van der Waals surface area contributed by atoms with Crippen molar-refractivity contribution in [3.05, 3.63) is 11.8 Å². The SMILES string of the molecule is NC(=O)O[C@H]([C@H](O)CO)[C@H]1C[C@@H](N)C=C(C(=O)O)O1. The fourth-order valence-electron chi connectivity index (χ4n) is 1.74. The second kappa shape index (κ2) is 6.36. The maximum Gasteiger partial charge on any atom is 0.405 e. The minimum atomic E-state index is -1.46. The van der Waals surface area contributed by atoms with Crippen molar-refractivity contribution in [1.29, 1.82) is 0 Å². The van der Waals surface area contributed by atoms with Gasteiger partial charge in [0.15, 0.2) is 6.10 Å². The molecule has 0 aromatic rings. The first-order valence-corrected chi connectivity index (χ1v) is 5.47. The molecule has 1 aliphatic heterocycles. The van der Waals surface area contributed by atoms with Crippen LogP contribution < -0.4 is 11.5 Å². The highest BCUT2D eigenvalue weighted by Gasteiger charge is 2.37. The summed E-state index contributed by atoms with van der Waals surface area (Å²) < 4.78 is 9.73. The monoisotopic (exact) mass is 276 g/mol. The number of ether oxygens (including phenoxy) is 2. The number of amides is 1. The van der Waals surface area contributed by atoms with Gasteiger partial charge in [0, 0.05) is 12.5 Å². The molecule has 7 N–H and O–H groups in total. The molecule has 0 spiro atoms. The Morgan fingerprint density at radius 3 is 2.68 bits per heavy atom. The van der Waals surface area contributed by atoms with Crippen LogP contribution in [0.5, 0.6) is 0 Å². The molecule has 0 radical (unpaired) electrons. The Morgan fingerprint density at radius 1 is 1.58 bits per heavy atom. The molecule has 0 bridgehead atoms. The highest BCUT2D eigenvalue weighted by atomic mass is 16.6. The van der Waals surface area contributed by atoms with Gasteiger partial charge >= 0.3 is 12.1 Å². The van der Waals surface area contributed by atoms with E-state index in [-0.39, 0.29) is 6.42 Å². The van der Waals surface area contributed by atoms with Crippen LogP contribution in [-0.4, -0.2) is 58.3 Å². The van der Waals surface area contributed by atoms with Gasteiger partial charge in [0.2, 0.25) is 5.76 Å². The molecular weight excluding hydrogens is 260 g/mol. The molecule has 1 aliphatic rings. The maximum absolute atomic E-state index is 10.8. The number of carboxylic acid groups (broad SMARTS) is 1. The van der Waals surface area contributed by atoms with Gasteiger partial charge in [-0.25, -0.2) is 9.59 Å². The Hall–Kier alpha value is -1.84. The van der Waals surface area contributed by atoms with Gasteiger partial charge in [0.25, 0.3) is 0 Å². The average Bonchev–Trinajstić information content (AvgIpc) is 2.33. The zero-order valence-corrected chi connectivity index (χ0v) is 9.93. The van der Waals surface area contributed by atoms with Crippen LogP contribution in [-0.2, 0) is 14.3 Å². The number of primary amides is 1. The van der Waals surface area contributed by atoms with E-state index in [4.69, 9.17) is 26.4 Å². The van der Waals surface area contributed by atoms with Gasteiger partial charge in [-0.2, -0.15) is 0 Å². The smallest absolute Gasteiger partial charge is 0.405 e. The first kappa shape index (κ1) is 15.2. The summed E-state index contributed by atoms with van der Waals surface area (Å²) in [6.07, 6.45) is -3.66. The molecule has 0 saturated heterocycles. The fourth-order valence-corrected chi connectivity index (χ4v) is 1.74. The number of hydrogen-bond acceptors (Lipinski definition) is 7. The average molecular weight is 276 g/mol. The van der Waals surface area contributed by atoms with Crippen LogP contribution in [0.4, 0.5) is 4.79 Å². The van der Waals surface area contributed by atoms with Crippen LogP contribution >= 0.6 is 0 Å². The van der Waals surface area contributed by atoms with Gasteiger partial charge in [-0.3, -0.25) is 0 Å². The van der Waals surface area contributed by atoms with Gasteiger partial charge in [-0.1, -0.05) is 0 Å². The van der Waals surface area contributed by atoms with Crippen molar-refractivity contribution in [3.63, 3.8) is 0 Å². The number of nitrogens with two attached hydrogens (primary N) is 2.